The molecule has 7 heteroatoms. The fraction of sp³-hybridized carbons (Fsp3) is 0. The van der Waals surface area contributed by atoms with Crippen LogP contribution in [0.25, 0.3) is 0 Å². The number of benzene rings is 8. The summed E-state index contributed by atoms with van der Waals surface area (Å²) >= 11 is -6.15. The van der Waals surface area contributed by atoms with Gasteiger partial charge >= 0.3 is 390 Å². The van der Waals surface area contributed by atoms with Crippen molar-refractivity contribution in [3.63, 3.8) is 0 Å². The van der Waals surface area contributed by atoms with Gasteiger partial charge in [-0.15, -0.1) is 0 Å². The van der Waals surface area contributed by atoms with Crippen LogP contribution in [-0.2, 0) is 15.1 Å². The first-order chi connectivity index (χ1) is 29.2. The van der Waals surface area contributed by atoms with E-state index in [-0.39, 0.29) is 15.1 Å². The Morgan fingerprint density at radius 2 is 0.322 bits per heavy atom. The summed E-state index contributed by atoms with van der Waals surface area (Å²) in [7, 11) is 9.67. The molecule has 0 nitrogen and oxygen atoms in total. The Kier molecular flexibility index (Phi) is 20.0. The number of hydrogen-bond donors (Lipinski definition) is 0. The van der Waals surface area contributed by atoms with Crippen molar-refractivity contribution in [2.45, 2.75) is 0 Å². The first-order valence-corrected chi connectivity index (χ1v) is 35.1. The molecule has 0 heterocycles. The van der Waals surface area contributed by atoms with Crippen molar-refractivity contribution in [3.05, 3.63) is 262 Å². The molecule has 0 aliphatic carbocycles. The van der Waals surface area contributed by atoms with Crippen LogP contribution in [0, 0.1) is 0 Å². The van der Waals surface area contributed by atoms with E-state index in [9.17, 15) is 0 Å². The average molecular weight is 1140 g/mol. The molecule has 0 atom stereocenters. The number of rotatable bonds is 12. The zero-order valence-corrected chi connectivity index (χ0v) is 42.9. The molecular formula is C52H44As4Cl2Rh. The molecule has 0 N–H and O–H groups in total. The second kappa shape index (κ2) is 26.1. The summed E-state index contributed by atoms with van der Waals surface area (Å²) < 4.78 is 11.8. The molecule has 0 radical (unpaired) electrons. The van der Waals surface area contributed by atoms with E-state index in [1.165, 1.54) is 34.8 Å². The molecule has 0 amide bonds. The summed E-state index contributed by atoms with van der Waals surface area (Å²) in [4.78, 5) is 10.3. The van der Waals surface area contributed by atoms with Crippen LogP contribution in [0.1, 0.15) is 0 Å². The van der Waals surface area contributed by atoms with Gasteiger partial charge in [-0.05, 0) is 0 Å². The van der Waals surface area contributed by atoms with Crippen molar-refractivity contribution >= 4 is 113 Å². The van der Waals surface area contributed by atoms with Crippen LogP contribution in [-0.4, -0.2) is 58.6 Å². The standard InChI is InChI=1S/2C26H22As2.2ClH.Rh/c2*1-5-13-23(14-6-1)27(24-15-7-2-8-16-24)21-22-28(25-17-9-3-10-18-25)26-19-11-4-12-20-26;;;/h2*1-22H;2*1H;/q;;;;+2/p-2/b2*22-21-;;;. The number of halogens is 2. The monoisotopic (exact) mass is 1140 g/mol. The van der Waals surface area contributed by atoms with E-state index in [2.05, 4.69) is 262 Å². The van der Waals surface area contributed by atoms with E-state index in [0.717, 1.165) is 0 Å². The molecule has 0 saturated carbocycles. The molecule has 0 fully saturated rings. The summed E-state index contributed by atoms with van der Waals surface area (Å²) in [6.07, 6.45) is 0. The van der Waals surface area contributed by atoms with E-state index in [1.807, 2.05) is 0 Å². The summed E-state index contributed by atoms with van der Waals surface area (Å²) in [5, 5.41) is 0. The molecule has 0 aliphatic rings. The first-order valence-electron chi connectivity index (χ1n) is 19.0. The summed E-state index contributed by atoms with van der Waals surface area (Å²) in [5.74, 6) is 0. The van der Waals surface area contributed by atoms with Gasteiger partial charge < -0.3 is 0 Å². The molecule has 0 aliphatic heterocycles. The molecule has 0 aromatic heterocycles. The van der Waals surface area contributed by atoms with E-state index in [1.54, 1.807) is 0 Å². The Balaban J connectivity index is 0.000000186. The van der Waals surface area contributed by atoms with Gasteiger partial charge in [-0.3, -0.25) is 0 Å². The van der Waals surface area contributed by atoms with E-state index >= 15 is 0 Å². The summed E-state index contributed by atoms with van der Waals surface area (Å²) in [6, 6.07) is 88.2. The van der Waals surface area contributed by atoms with Gasteiger partial charge in [-0.25, -0.2) is 0 Å². The minimum atomic E-state index is -1.48. The van der Waals surface area contributed by atoms with Crippen LogP contribution in [0.5, 0.6) is 0 Å². The third kappa shape index (κ3) is 14.4. The topological polar surface area (TPSA) is 0 Å². The van der Waals surface area contributed by atoms with Gasteiger partial charge in [0.25, 0.3) is 0 Å². The summed E-state index contributed by atoms with van der Waals surface area (Å²) in [5.41, 5.74) is 0. The fourth-order valence-electron chi connectivity index (χ4n) is 6.26. The maximum atomic E-state index is 4.83. The Morgan fingerprint density at radius 1 is 0.220 bits per heavy atom. The number of hydrogen-bond acceptors (Lipinski definition) is 0. The Morgan fingerprint density at radius 3 is 0.424 bits per heavy atom. The van der Waals surface area contributed by atoms with Gasteiger partial charge in [-0.1, -0.05) is 0 Å². The predicted molar refractivity (Wildman–Crippen MR) is 262 cm³/mol. The summed E-state index contributed by atoms with van der Waals surface area (Å²) in [6.45, 7) is 0. The van der Waals surface area contributed by atoms with Crippen molar-refractivity contribution in [3.8, 4) is 0 Å². The molecule has 8 aromatic carbocycles. The molecular weight excluding hydrogens is 1100 g/mol. The van der Waals surface area contributed by atoms with Gasteiger partial charge in [0, 0.05) is 0 Å². The van der Waals surface area contributed by atoms with Crippen molar-refractivity contribution in [2.24, 2.45) is 0 Å². The second-order valence-electron chi connectivity index (χ2n) is 12.8. The Hall–Kier alpha value is -3.32. The molecule has 295 valence electrons. The van der Waals surface area contributed by atoms with E-state index in [4.69, 9.17) is 19.4 Å². The SMILES string of the molecule is C(=C/[As](c1ccccc1)c1ccccc1)/[As](c1ccccc1)c1ccccc1.C(=C/[As](c1ccccc1)c1ccccc1)/[As](c1ccccc1)c1ccccc1.[Cl][Rh][Cl]. The molecule has 8 aromatic rings. The van der Waals surface area contributed by atoms with Crippen LogP contribution in [0.3, 0.4) is 0 Å². The Bertz CT molecular complexity index is 1880. The first kappa shape index (κ1) is 45.2. The molecule has 0 saturated heterocycles. The minimum absolute atomic E-state index is 0.226. The second-order valence-corrected chi connectivity index (χ2v) is 32.7. The van der Waals surface area contributed by atoms with Gasteiger partial charge in [0.1, 0.15) is 0 Å². The van der Waals surface area contributed by atoms with Crippen molar-refractivity contribution in [2.75, 3.05) is 0 Å². The van der Waals surface area contributed by atoms with Crippen LogP contribution in [0.4, 0.5) is 0 Å². The van der Waals surface area contributed by atoms with Crippen LogP contribution >= 0.6 is 19.4 Å². The van der Waals surface area contributed by atoms with Crippen LogP contribution in [0.2, 0.25) is 0 Å². The average Bonchev–Trinajstić information content (AvgIpc) is 3.32. The zero-order valence-electron chi connectivity index (χ0n) is 32.3. The quantitative estimate of drug-likeness (QED) is 0.110. The van der Waals surface area contributed by atoms with Crippen LogP contribution < -0.4 is 34.8 Å². The van der Waals surface area contributed by atoms with Crippen LogP contribution in [0.15, 0.2) is 262 Å². The fourth-order valence-corrected chi connectivity index (χ4v) is 26.9. The van der Waals surface area contributed by atoms with Crippen molar-refractivity contribution in [1.29, 1.82) is 0 Å². The normalized spacial score (nSPS) is 11.2. The van der Waals surface area contributed by atoms with Crippen molar-refractivity contribution in [1.82, 2.24) is 0 Å². The third-order valence-corrected chi connectivity index (χ3v) is 29.3. The van der Waals surface area contributed by atoms with Gasteiger partial charge in [0.15, 0.2) is 0 Å². The maximum absolute atomic E-state index is 4.83. The van der Waals surface area contributed by atoms with Gasteiger partial charge in [0.05, 0.1) is 0 Å². The predicted octanol–water partition coefficient (Wildman–Crippen LogP) is 7.86. The Labute approximate surface area is 385 Å². The van der Waals surface area contributed by atoms with Gasteiger partial charge in [0.2, 0.25) is 0 Å². The zero-order chi connectivity index (χ0) is 40.7. The molecule has 8 rings (SSSR count). The third-order valence-electron chi connectivity index (χ3n) is 9.00. The van der Waals surface area contributed by atoms with E-state index in [0.29, 0.717) is 0 Å². The van der Waals surface area contributed by atoms with Crippen molar-refractivity contribution < 1.29 is 15.1 Å². The molecule has 59 heavy (non-hydrogen) atoms. The molecule has 0 unspecified atom stereocenters. The van der Waals surface area contributed by atoms with Gasteiger partial charge in [-0.2, -0.15) is 0 Å². The van der Waals surface area contributed by atoms with E-state index < -0.39 is 58.6 Å². The molecule has 0 spiro atoms. The molecule has 0 bridgehead atoms.